The molecule has 6 nitrogen and oxygen atoms in total. The Hall–Kier alpha value is -2.52. The normalized spacial score (nSPS) is 22.7. The van der Waals surface area contributed by atoms with Crippen molar-refractivity contribution in [1.29, 1.82) is 0 Å². The molecule has 5 rings (SSSR count). The number of nitrogens with zero attached hydrogens (tertiary/aromatic N) is 4. The number of thioether (sulfide) groups is 1. The first-order valence-electron chi connectivity index (χ1n) is 10.8. The van der Waals surface area contributed by atoms with E-state index in [1.165, 1.54) is 12.1 Å². The second-order valence-corrected chi connectivity index (χ2v) is 9.88. The zero-order chi connectivity index (χ0) is 22.3. The molecule has 168 valence electrons. The Kier molecular flexibility index (Phi) is 5.63. The van der Waals surface area contributed by atoms with Gasteiger partial charge in [-0.1, -0.05) is 17.8 Å². The molecule has 0 radical (unpaired) electrons. The molecule has 2 aromatic heterocycles. The standard InChI is InChI=1S/C23H25F2N5OS/c1-29-21(15-3-6-20(31)26-13-15)27-28-22(29)32-10-2-8-30-9-7-23(14-30)12-18(23)17-5-4-16(24)11-19(17)25/h3-6,11,13,18H,2,7-10,12,14H2,1H3,(H,26,31)/t18-,23+/m1/s1. The Morgan fingerprint density at radius 3 is 2.91 bits per heavy atom. The molecule has 1 aliphatic heterocycles. The molecule has 2 aliphatic rings. The van der Waals surface area contributed by atoms with Crippen LogP contribution in [0.4, 0.5) is 8.78 Å². The van der Waals surface area contributed by atoms with E-state index in [9.17, 15) is 13.6 Å². The maximum absolute atomic E-state index is 14.2. The largest absolute Gasteiger partial charge is 0.328 e. The zero-order valence-corrected chi connectivity index (χ0v) is 18.7. The van der Waals surface area contributed by atoms with E-state index in [1.54, 1.807) is 30.1 Å². The summed E-state index contributed by atoms with van der Waals surface area (Å²) in [4.78, 5) is 16.4. The number of pyridine rings is 1. The molecule has 3 heterocycles. The predicted molar refractivity (Wildman–Crippen MR) is 120 cm³/mol. The summed E-state index contributed by atoms with van der Waals surface area (Å²) in [5.74, 6) is 0.939. The first-order chi connectivity index (χ1) is 15.4. The number of aromatic amines is 1. The maximum atomic E-state index is 14.2. The van der Waals surface area contributed by atoms with Crippen LogP contribution in [0.2, 0.25) is 0 Å². The molecule has 1 aromatic carbocycles. The highest BCUT2D eigenvalue weighted by atomic mass is 32.2. The lowest BCUT2D eigenvalue weighted by Crippen LogP contribution is -2.23. The summed E-state index contributed by atoms with van der Waals surface area (Å²) in [5.41, 5.74) is 1.52. The minimum atomic E-state index is -0.514. The number of nitrogens with one attached hydrogen (secondary N) is 1. The number of hydrogen-bond acceptors (Lipinski definition) is 5. The number of H-pyrrole nitrogens is 1. The van der Waals surface area contributed by atoms with Crippen molar-refractivity contribution in [1.82, 2.24) is 24.6 Å². The summed E-state index contributed by atoms with van der Waals surface area (Å²) in [6, 6.07) is 7.20. The summed E-state index contributed by atoms with van der Waals surface area (Å²) in [6.07, 6.45) is 4.74. The Labute approximate surface area is 189 Å². The summed E-state index contributed by atoms with van der Waals surface area (Å²) >= 11 is 1.67. The smallest absolute Gasteiger partial charge is 0.247 e. The molecule has 9 heteroatoms. The zero-order valence-electron chi connectivity index (χ0n) is 17.9. The fraction of sp³-hybridized carbons (Fsp3) is 0.435. The summed E-state index contributed by atoms with van der Waals surface area (Å²) in [5, 5.41) is 9.38. The van der Waals surface area contributed by atoms with Gasteiger partial charge in [0.2, 0.25) is 5.56 Å². The van der Waals surface area contributed by atoms with Crippen LogP contribution in [0.25, 0.3) is 11.4 Å². The summed E-state index contributed by atoms with van der Waals surface area (Å²) < 4.78 is 29.3. The van der Waals surface area contributed by atoms with Crippen molar-refractivity contribution in [3.05, 3.63) is 64.1 Å². The van der Waals surface area contributed by atoms with E-state index in [0.29, 0.717) is 5.56 Å². The molecule has 2 atom stereocenters. The SMILES string of the molecule is Cn1c(SCCCN2CC[C@]3(C[C@@H]3c3ccc(F)cc3F)C2)nnc1-c1ccc(=O)[nH]c1. The number of rotatable bonds is 7. The van der Waals surface area contributed by atoms with Gasteiger partial charge in [-0.05, 0) is 61.4 Å². The highest BCUT2D eigenvalue weighted by Gasteiger charge is 2.58. The minimum absolute atomic E-state index is 0.144. The van der Waals surface area contributed by atoms with Crippen molar-refractivity contribution in [2.24, 2.45) is 12.5 Å². The second kappa shape index (κ2) is 8.44. The summed E-state index contributed by atoms with van der Waals surface area (Å²) in [6.45, 7) is 3.02. The maximum Gasteiger partial charge on any atom is 0.247 e. The lowest BCUT2D eigenvalue weighted by molar-refractivity contribution is 0.319. The molecule has 1 aliphatic carbocycles. The van der Waals surface area contributed by atoms with Gasteiger partial charge in [0, 0.05) is 43.2 Å². The van der Waals surface area contributed by atoms with Crippen molar-refractivity contribution >= 4 is 11.8 Å². The van der Waals surface area contributed by atoms with Gasteiger partial charge in [0.1, 0.15) is 11.6 Å². The fourth-order valence-corrected chi connectivity index (χ4v) is 5.73. The van der Waals surface area contributed by atoms with E-state index in [4.69, 9.17) is 0 Å². The predicted octanol–water partition coefficient (Wildman–Crippen LogP) is 3.81. The quantitative estimate of drug-likeness (QED) is 0.432. The molecule has 1 saturated heterocycles. The average Bonchev–Trinajstić information content (AvgIpc) is 3.09. The molecule has 32 heavy (non-hydrogen) atoms. The van der Waals surface area contributed by atoms with Crippen LogP contribution in [0.5, 0.6) is 0 Å². The van der Waals surface area contributed by atoms with Gasteiger partial charge in [-0.2, -0.15) is 0 Å². The van der Waals surface area contributed by atoms with E-state index in [-0.39, 0.29) is 16.9 Å². The highest BCUT2D eigenvalue weighted by molar-refractivity contribution is 7.99. The van der Waals surface area contributed by atoms with Crippen molar-refractivity contribution in [2.75, 3.05) is 25.4 Å². The fourth-order valence-electron chi connectivity index (χ4n) is 4.89. The third-order valence-electron chi connectivity index (χ3n) is 6.72. The Bertz CT molecular complexity index is 1170. The molecule has 0 bridgehead atoms. The first kappa shape index (κ1) is 21.3. The molecule has 1 spiro atoms. The van der Waals surface area contributed by atoms with Gasteiger partial charge in [0.05, 0.1) is 0 Å². The molecule has 1 saturated carbocycles. The van der Waals surface area contributed by atoms with Gasteiger partial charge in [-0.25, -0.2) is 8.78 Å². The minimum Gasteiger partial charge on any atom is -0.328 e. The number of hydrogen-bond donors (Lipinski definition) is 1. The Morgan fingerprint density at radius 1 is 1.25 bits per heavy atom. The monoisotopic (exact) mass is 457 g/mol. The van der Waals surface area contributed by atoms with Gasteiger partial charge in [0.15, 0.2) is 11.0 Å². The van der Waals surface area contributed by atoms with Gasteiger partial charge in [-0.15, -0.1) is 10.2 Å². The van der Waals surface area contributed by atoms with Crippen LogP contribution < -0.4 is 5.56 Å². The van der Waals surface area contributed by atoms with Gasteiger partial charge in [0.25, 0.3) is 0 Å². The number of benzene rings is 1. The van der Waals surface area contributed by atoms with E-state index in [0.717, 1.165) is 67.3 Å². The van der Waals surface area contributed by atoms with Crippen LogP contribution in [0.15, 0.2) is 46.5 Å². The van der Waals surface area contributed by atoms with Crippen molar-refractivity contribution < 1.29 is 8.78 Å². The lowest BCUT2D eigenvalue weighted by atomic mass is 9.98. The first-order valence-corrected chi connectivity index (χ1v) is 11.8. The van der Waals surface area contributed by atoms with Crippen molar-refractivity contribution in [3.63, 3.8) is 0 Å². The Balaban J connectivity index is 1.11. The van der Waals surface area contributed by atoms with Crippen molar-refractivity contribution in [3.8, 4) is 11.4 Å². The number of halogens is 2. The van der Waals surface area contributed by atoms with Gasteiger partial charge in [-0.3, -0.25) is 4.79 Å². The molecular weight excluding hydrogens is 432 g/mol. The van der Waals surface area contributed by atoms with E-state index in [1.807, 2.05) is 11.6 Å². The highest BCUT2D eigenvalue weighted by Crippen LogP contribution is 2.64. The van der Waals surface area contributed by atoms with Crippen molar-refractivity contribution in [2.45, 2.75) is 30.3 Å². The summed E-state index contributed by atoms with van der Waals surface area (Å²) in [7, 11) is 1.93. The van der Waals surface area contributed by atoms with E-state index >= 15 is 0 Å². The Morgan fingerprint density at radius 2 is 2.12 bits per heavy atom. The van der Waals surface area contributed by atoms with Crippen LogP contribution >= 0.6 is 11.8 Å². The molecule has 2 fully saturated rings. The number of likely N-dealkylation sites (tertiary alicyclic amines) is 1. The van der Waals surface area contributed by atoms with Crippen LogP contribution in [0, 0.1) is 17.0 Å². The lowest BCUT2D eigenvalue weighted by Gasteiger charge is -2.16. The van der Waals surface area contributed by atoms with Crippen LogP contribution in [0.1, 0.15) is 30.7 Å². The molecule has 0 amide bonds. The van der Waals surface area contributed by atoms with Crippen LogP contribution in [0.3, 0.4) is 0 Å². The average molecular weight is 458 g/mol. The second-order valence-electron chi connectivity index (χ2n) is 8.82. The molecule has 3 aromatic rings. The molecule has 0 unspecified atom stereocenters. The van der Waals surface area contributed by atoms with Crippen LogP contribution in [-0.4, -0.2) is 50.0 Å². The van der Waals surface area contributed by atoms with Crippen LogP contribution in [-0.2, 0) is 7.05 Å². The van der Waals surface area contributed by atoms with E-state index < -0.39 is 11.6 Å². The molecular formula is C23H25F2N5OS. The third kappa shape index (κ3) is 4.11. The third-order valence-corrected chi connectivity index (χ3v) is 7.83. The van der Waals surface area contributed by atoms with E-state index in [2.05, 4.69) is 20.1 Å². The topological polar surface area (TPSA) is 66.8 Å². The van der Waals surface area contributed by atoms with Gasteiger partial charge < -0.3 is 14.5 Å². The number of aromatic nitrogens is 4. The molecule has 1 N–H and O–H groups in total. The van der Waals surface area contributed by atoms with Gasteiger partial charge >= 0.3 is 0 Å².